The molecule has 0 aliphatic heterocycles. The minimum atomic E-state index is 0.0844. The Kier molecular flexibility index (Phi) is 5.01. The lowest BCUT2D eigenvalue weighted by atomic mass is 10.1. The van der Waals surface area contributed by atoms with E-state index in [0.717, 1.165) is 10.9 Å². The number of aromatic nitrogens is 4. The number of aromatic hydroxyl groups is 1. The second kappa shape index (κ2) is 7.78. The molecule has 30 heavy (non-hydrogen) atoms. The van der Waals surface area contributed by atoms with Crippen molar-refractivity contribution < 1.29 is 19.3 Å². The van der Waals surface area contributed by atoms with Gasteiger partial charge in [-0.05, 0) is 6.07 Å². The number of benzene rings is 2. The largest absolute Gasteiger partial charge is 0.494 e. The van der Waals surface area contributed by atoms with Gasteiger partial charge in [-0.2, -0.15) is 4.98 Å². The first-order valence-corrected chi connectivity index (χ1v) is 9.10. The first-order chi connectivity index (χ1) is 14.6. The van der Waals surface area contributed by atoms with Gasteiger partial charge in [-0.3, -0.25) is 0 Å². The first-order valence-electron chi connectivity index (χ1n) is 9.10. The quantitative estimate of drug-likeness (QED) is 0.501. The third-order valence-corrected chi connectivity index (χ3v) is 4.79. The Balaban J connectivity index is 1.75. The molecule has 154 valence electrons. The number of methoxy groups -OCH3 is 3. The van der Waals surface area contributed by atoms with Crippen LogP contribution >= 0.6 is 0 Å². The molecule has 2 heterocycles. The van der Waals surface area contributed by atoms with Gasteiger partial charge in [0.2, 0.25) is 17.6 Å². The molecule has 2 aromatic heterocycles. The van der Waals surface area contributed by atoms with Crippen LogP contribution in [0.15, 0.2) is 42.7 Å². The lowest BCUT2D eigenvalue weighted by Crippen LogP contribution is -2.02. The molecule has 2 aromatic carbocycles. The molecule has 0 aliphatic rings. The number of nitrogens with zero attached hydrogens (tertiary/aromatic N) is 4. The molecular weight excluding hydrogens is 386 g/mol. The van der Waals surface area contributed by atoms with E-state index in [2.05, 4.69) is 20.3 Å². The topological polar surface area (TPSA) is 104 Å². The summed E-state index contributed by atoms with van der Waals surface area (Å²) in [7, 11) is 6.43. The fourth-order valence-electron chi connectivity index (χ4n) is 3.36. The minimum absolute atomic E-state index is 0.0844. The Hall–Kier alpha value is -4.01. The third-order valence-electron chi connectivity index (χ3n) is 4.79. The normalized spacial score (nSPS) is 10.8. The van der Waals surface area contributed by atoms with E-state index < -0.39 is 0 Å². The van der Waals surface area contributed by atoms with Gasteiger partial charge in [0.15, 0.2) is 17.3 Å². The third kappa shape index (κ3) is 3.20. The number of hydrogen-bond acceptors (Lipinski definition) is 8. The van der Waals surface area contributed by atoms with E-state index in [-0.39, 0.29) is 5.88 Å². The number of fused-ring (bicyclic) bond motifs is 1. The fourth-order valence-corrected chi connectivity index (χ4v) is 3.36. The molecule has 0 bridgehead atoms. The molecule has 0 unspecified atom stereocenters. The zero-order valence-electron chi connectivity index (χ0n) is 17.0. The second-order valence-corrected chi connectivity index (χ2v) is 6.45. The lowest BCUT2D eigenvalue weighted by Gasteiger charge is -2.14. The van der Waals surface area contributed by atoms with Crippen molar-refractivity contribution in [3.8, 4) is 34.5 Å². The molecule has 0 radical (unpaired) electrons. The Morgan fingerprint density at radius 2 is 1.67 bits per heavy atom. The molecule has 4 aromatic rings. The minimum Gasteiger partial charge on any atom is -0.494 e. The summed E-state index contributed by atoms with van der Waals surface area (Å²) in [6, 6.07) is 11.2. The summed E-state index contributed by atoms with van der Waals surface area (Å²) in [5.41, 5.74) is 2.07. The van der Waals surface area contributed by atoms with Gasteiger partial charge in [0.25, 0.3) is 0 Å². The van der Waals surface area contributed by atoms with Gasteiger partial charge < -0.3 is 29.2 Å². The highest BCUT2D eigenvalue weighted by Crippen LogP contribution is 2.41. The van der Waals surface area contributed by atoms with Crippen LogP contribution in [0.4, 0.5) is 11.6 Å². The Labute approximate surface area is 172 Å². The van der Waals surface area contributed by atoms with E-state index in [1.165, 1.54) is 6.33 Å². The first kappa shape index (κ1) is 19.3. The number of ether oxygens (including phenoxy) is 3. The Bertz CT molecular complexity index is 1200. The van der Waals surface area contributed by atoms with Crippen molar-refractivity contribution in [1.82, 2.24) is 19.5 Å². The van der Waals surface area contributed by atoms with Crippen molar-refractivity contribution in [2.75, 3.05) is 26.6 Å². The molecule has 0 saturated carbocycles. The van der Waals surface area contributed by atoms with E-state index in [0.29, 0.717) is 40.3 Å². The molecule has 9 heteroatoms. The smallest absolute Gasteiger partial charge is 0.230 e. The number of para-hydroxylation sites is 1. The second-order valence-electron chi connectivity index (χ2n) is 6.45. The highest BCUT2D eigenvalue weighted by molar-refractivity contribution is 5.98. The molecule has 0 atom stereocenters. The van der Waals surface area contributed by atoms with Crippen LogP contribution in [0.3, 0.4) is 0 Å². The standard InChI is InChI=1S/C21H21N5O4/c1-26-14-8-6-5-7-13(14)17(20(26)27)19-22-11-23-21(25-19)24-12-9-15(28-2)18(30-4)16(10-12)29-3/h5-11,27H,1-4H3,(H,22,23,24,25). The van der Waals surface area contributed by atoms with Gasteiger partial charge in [-0.15, -0.1) is 0 Å². The maximum absolute atomic E-state index is 10.6. The SMILES string of the molecule is COc1cc(Nc2ncnc(-c3c(O)n(C)c4ccccc34)n2)cc(OC)c1OC. The summed E-state index contributed by atoms with van der Waals surface area (Å²) in [5, 5.41) is 14.6. The monoisotopic (exact) mass is 407 g/mol. The molecule has 0 amide bonds. The summed E-state index contributed by atoms with van der Waals surface area (Å²) >= 11 is 0. The van der Waals surface area contributed by atoms with Crippen LogP contribution in [0.25, 0.3) is 22.3 Å². The predicted molar refractivity (Wildman–Crippen MR) is 113 cm³/mol. The summed E-state index contributed by atoms with van der Waals surface area (Å²) in [5.74, 6) is 2.24. The van der Waals surface area contributed by atoms with Crippen LogP contribution in [0.5, 0.6) is 23.1 Å². The molecule has 0 saturated heterocycles. The van der Waals surface area contributed by atoms with Gasteiger partial charge in [0.1, 0.15) is 6.33 Å². The van der Waals surface area contributed by atoms with Crippen molar-refractivity contribution in [1.29, 1.82) is 0 Å². The molecular formula is C21H21N5O4. The predicted octanol–water partition coefficient (Wildman–Crippen LogP) is 3.51. The van der Waals surface area contributed by atoms with E-state index in [1.54, 1.807) is 45.1 Å². The van der Waals surface area contributed by atoms with Crippen molar-refractivity contribution in [3.63, 3.8) is 0 Å². The maximum Gasteiger partial charge on any atom is 0.230 e. The van der Waals surface area contributed by atoms with Crippen LogP contribution in [0.1, 0.15) is 0 Å². The van der Waals surface area contributed by atoms with Crippen molar-refractivity contribution in [2.45, 2.75) is 0 Å². The summed E-state index contributed by atoms with van der Waals surface area (Å²) < 4.78 is 17.8. The fraction of sp³-hybridized carbons (Fsp3) is 0.190. The van der Waals surface area contributed by atoms with E-state index >= 15 is 0 Å². The average Bonchev–Trinajstić information content (AvgIpc) is 3.03. The van der Waals surface area contributed by atoms with Gasteiger partial charge in [-0.25, -0.2) is 9.97 Å². The zero-order valence-corrected chi connectivity index (χ0v) is 17.0. The van der Waals surface area contributed by atoms with Crippen LogP contribution in [-0.4, -0.2) is 46.0 Å². The summed E-state index contributed by atoms with van der Waals surface area (Å²) in [6.45, 7) is 0. The van der Waals surface area contributed by atoms with E-state index in [4.69, 9.17) is 14.2 Å². The van der Waals surface area contributed by atoms with Crippen LogP contribution in [-0.2, 0) is 7.05 Å². The zero-order chi connectivity index (χ0) is 21.3. The maximum atomic E-state index is 10.6. The molecule has 4 rings (SSSR count). The Morgan fingerprint density at radius 1 is 0.967 bits per heavy atom. The number of aryl methyl sites for hydroxylation is 1. The molecule has 9 nitrogen and oxygen atoms in total. The van der Waals surface area contributed by atoms with Crippen LogP contribution < -0.4 is 19.5 Å². The summed E-state index contributed by atoms with van der Waals surface area (Å²) in [4.78, 5) is 13.0. The number of anilines is 2. The van der Waals surface area contributed by atoms with E-state index in [9.17, 15) is 5.11 Å². The highest BCUT2D eigenvalue weighted by Gasteiger charge is 2.19. The summed E-state index contributed by atoms with van der Waals surface area (Å²) in [6.07, 6.45) is 1.39. The average molecular weight is 407 g/mol. The van der Waals surface area contributed by atoms with Gasteiger partial charge in [0.05, 0.1) is 32.4 Å². The van der Waals surface area contributed by atoms with Crippen LogP contribution in [0.2, 0.25) is 0 Å². The molecule has 2 N–H and O–H groups in total. The molecule has 0 fully saturated rings. The number of rotatable bonds is 6. The Morgan fingerprint density at radius 3 is 2.33 bits per heavy atom. The molecule has 0 spiro atoms. The van der Waals surface area contributed by atoms with Gasteiger partial charge >= 0.3 is 0 Å². The van der Waals surface area contributed by atoms with Crippen molar-refractivity contribution >= 4 is 22.5 Å². The van der Waals surface area contributed by atoms with E-state index in [1.807, 2.05) is 24.3 Å². The van der Waals surface area contributed by atoms with Crippen molar-refractivity contribution in [3.05, 3.63) is 42.7 Å². The molecule has 0 aliphatic carbocycles. The highest BCUT2D eigenvalue weighted by atomic mass is 16.5. The number of hydrogen-bond donors (Lipinski definition) is 2. The van der Waals surface area contributed by atoms with Gasteiger partial charge in [0, 0.05) is 30.3 Å². The lowest BCUT2D eigenvalue weighted by molar-refractivity contribution is 0.324. The van der Waals surface area contributed by atoms with Crippen LogP contribution in [0, 0.1) is 0 Å². The van der Waals surface area contributed by atoms with Crippen molar-refractivity contribution in [2.24, 2.45) is 7.05 Å². The number of nitrogens with one attached hydrogen (secondary N) is 1. The van der Waals surface area contributed by atoms with Gasteiger partial charge in [-0.1, -0.05) is 18.2 Å².